The van der Waals surface area contributed by atoms with E-state index in [1.54, 1.807) is 5.57 Å². The molecule has 3 aliphatic carbocycles. The fraction of sp³-hybridized carbons (Fsp3) is 0.412. The first-order valence-electron chi connectivity index (χ1n) is 13.2. The second-order valence-electron chi connectivity index (χ2n) is 12.2. The Hall–Kier alpha value is -2.80. The maximum absolute atomic E-state index is 6.81. The number of rotatable bonds is 2. The minimum Gasteiger partial charge on any atom is -0.398 e. The molecular formula is C34H41N. The van der Waals surface area contributed by atoms with Crippen LogP contribution in [0.1, 0.15) is 69.7 Å². The maximum atomic E-state index is 6.81. The van der Waals surface area contributed by atoms with Crippen molar-refractivity contribution in [3.05, 3.63) is 93.6 Å². The molecule has 35 heavy (non-hydrogen) atoms. The van der Waals surface area contributed by atoms with Crippen molar-refractivity contribution >= 4 is 11.3 Å². The Bertz CT molecular complexity index is 1330. The molecule has 0 saturated carbocycles. The van der Waals surface area contributed by atoms with Crippen LogP contribution < -0.4 is 5.73 Å². The maximum Gasteiger partial charge on any atom is 0.0426 e. The normalized spacial score (nSPS) is 26.2. The number of aryl methyl sites for hydroxylation is 2. The molecule has 3 aliphatic rings. The molecule has 2 aromatic rings. The number of hydrogen-bond acceptors (Lipinski definition) is 1. The number of benzene rings is 2. The first-order chi connectivity index (χ1) is 16.4. The van der Waals surface area contributed by atoms with Crippen molar-refractivity contribution in [1.82, 2.24) is 0 Å². The first kappa shape index (κ1) is 23.9. The van der Waals surface area contributed by atoms with Gasteiger partial charge in [0.15, 0.2) is 0 Å². The van der Waals surface area contributed by atoms with Crippen molar-refractivity contribution in [2.24, 2.45) is 23.2 Å². The fourth-order valence-corrected chi connectivity index (χ4v) is 8.00. The highest BCUT2D eigenvalue weighted by molar-refractivity contribution is 5.94. The third kappa shape index (κ3) is 3.50. The van der Waals surface area contributed by atoms with Crippen molar-refractivity contribution < 1.29 is 0 Å². The van der Waals surface area contributed by atoms with Crippen LogP contribution in [-0.2, 0) is 6.42 Å². The van der Waals surface area contributed by atoms with E-state index in [-0.39, 0.29) is 5.41 Å². The Morgan fingerprint density at radius 2 is 1.69 bits per heavy atom. The third-order valence-corrected chi connectivity index (χ3v) is 9.19. The molecule has 3 atom stereocenters. The van der Waals surface area contributed by atoms with Crippen molar-refractivity contribution in [2.45, 2.75) is 67.7 Å². The van der Waals surface area contributed by atoms with Crippen LogP contribution in [0.15, 0.2) is 71.4 Å². The van der Waals surface area contributed by atoms with E-state index in [4.69, 9.17) is 12.3 Å². The third-order valence-electron chi connectivity index (χ3n) is 9.19. The summed E-state index contributed by atoms with van der Waals surface area (Å²) in [6, 6.07) is 11.2. The molecule has 0 radical (unpaired) electrons. The van der Waals surface area contributed by atoms with Crippen LogP contribution >= 0.6 is 0 Å². The summed E-state index contributed by atoms with van der Waals surface area (Å²) < 4.78 is 0. The number of hydrogen-bond donors (Lipinski definition) is 1. The summed E-state index contributed by atoms with van der Waals surface area (Å²) >= 11 is 0. The molecular weight excluding hydrogens is 422 g/mol. The van der Waals surface area contributed by atoms with Crippen molar-refractivity contribution in [3.8, 4) is 11.1 Å². The molecule has 1 nitrogen and oxygen atoms in total. The number of fused-ring (bicyclic) bond motifs is 3. The van der Waals surface area contributed by atoms with Gasteiger partial charge in [0.1, 0.15) is 0 Å². The van der Waals surface area contributed by atoms with Gasteiger partial charge >= 0.3 is 0 Å². The molecule has 1 heteroatoms. The molecule has 5 rings (SSSR count). The van der Waals surface area contributed by atoms with Gasteiger partial charge in [0.25, 0.3) is 0 Å². The smallest absolute Gasteiger partial charge is 0.0426 e. The molecule has 0 bridgehead atoms. The molecule has 0 saturated heterocycles. The van der Waals surface area contributed by atoms with E-state index in [1.807, 2.05) is 0 Å². The van der Waals surface area contributed by atoms with Crippen LogP contribution in [0.3, 0.4) is 0 Å². The van der Waals surface area contributed by atoms with E-state index in [1.165, 1.54) is 63.0 Å². The van der Waals surface area contributed by atoms with E-state index in [0.29, 0.717) is 17.8 Å². The van der Waals surface area contributed by atoms with Crippen LogP contribution in [0, 0.1) is 37.0 Å². The van der Waals surface area contributed by atoms with Gasteiger partial charge in [0.2, 0.25) is 0 Å². The van der Waals surface area contributed by atoms with Crippen molar-refractivity contribution in [1.29, 1.82) is 0 Å². The molecule has 0 aromatic heterocycles. The van der Waals surface area contributed by atoms with Gasteiger partial charge in [-0.3, -0.25) is 0 Å². The monoisotopic (exact) mass is 463 g/mol. The molecule has 2 aromatic carbocycles. The van der Waals surface area contributed by atoms with Gasteiger partial charge in [0, 0.05) is 17.2 Å². The van der Waals surface area contributed by atoms with E-state index in [9.17, 15) is 0 Å². The first-order valence-corrected chi connectivity index (χ1v) is 13.2. The van der Waals surface area contributed by atoms with Gasteiger partial charge in [-0.1, -0.05) is 74.9 Å². The van der Waals surface area contributed by atoms with E-state index >= 15 is 0 Å². The van der Waals surface area contributed by atoms with Crippen LogP contribution in [0.25, 0.3) is 16.7 Å². The molecule has 0 amide bonds. The van der Waals surface area contributed by atoms with Crippen LogP contribution in [-0.4, -0.2) is 0 Å². The van der Waals surface area contributed by atoms with Crippen molar-refractivity contribution in [3.63, 3.8) is 0 Å². The predicted molar refractivity (Wildman–Crippen MR) is 152 cm³/mol. The average Bonchev–Trinajstić information content (AvgIpc) is 2.75. The summed E-state index contributed by atoms with van der Waals surface area (Å²) in [5.41, 5.74) is 23.8. The lowest BCUT2D eigenvalue weighted by Gasteiger charge is -2.52. The zero-order chi connectivity index (χ0) is 25.4. The summed E-state index contributed by atoms with van der Waals surface area (Å²) in [5, 5.41) is 0. The SMILES string of the molecule is C=C1C2=C(C)C3C(=C)C(C(C)C)=C(C)CC3CC2(C)Cc2c(-c3ccc(C)cc3)cc(C)c(N)c21. The standard InChI is InChI=1S/C34H41N/c1-18(2)29-20(4)14-26-16-34(9)17-28-27(25-12-10-19(3)11-13-25)15-21(5)33(35)31(28)24(8)32(34)23(7)30(26)22(29)6/h10-13,15,18,26,30H,6,8,14,16-17,35H2,1-5,7,9H3. The van der Waals surface area contributed by atoms with E-state index in [2.05, 4.69) is 85.4 Å². The minimum absolute atomic E-state index is 0.0619. The molecule has 0 heterocycles. The summed E-state index contributed by atoms with van der Waals surface area (Å²) in [6.45, 7) is 25.5. The van der Waals surface area contributed by atoms with Crippen molar-refractivity contribution in [2.75, 3.05) is 5.73 Å². The Morgan fingerprint density at radius 1 is 1.03 bits per heavy atom. The van der Waals surface area contributed by atoms with Gasteiger partial charge in [-0.2, -0.15) is 0 Å². The summed E-state index contributed by atoms with van der Waals surface area (Å²) in [5.74, 6) is 1.54. The van der Waals surface area contributed by atoms with E-state index < -0.39 is 0 Å². The van der Waals surface area contributed by atoms with E-state index in [0.717, 1.165) is 23.2 Å². The second kappa shape index (κ2) is 8.12. The van der Waals surface area contributed by atoms with Crippen LogP contribution in [0.2, 0.25) is 0 Å². The minimum atomic E-state index is 0.0619. The molecule has 0 spiro atoms. The second-order valence-corrected chi connectivity index (χ2v) is 12.2. The molecule has 2 N–H and O–H groups in total. The quantitative estimate of drug-likeness (QED) is 0.442. The van der Waals surface area contributed by atoms with Crippen LogP contribution in [0.5, 0.6) is 0 Å². The highest BCUT2D eigenvalue weighted by atomic mass is 14.6. The number of allylic oxidation sites excluding steroid dienone is 6. The largest absolute Gasteiger partial charge is 0.398 e. The highest BCUT2D eigenvalue weighted by Gasteiger charge is 2.49. The van der Waals surface area contributed by atoms with Crippen LogP contribution in [0.4, 0.5) is 5.69 Å². The lowest BCUT2D eigenvalue weighted by atomic mass is 9.52. The lowest BCUT2D eigenvalue weighted by molar-refractivity contribution is 0.219. The summed E-state index contributed by atoms with van der Waals surface area (Å²) in [7, 11) is 0. The Morgan fingerprint density at radius 3 is 2.31 bits per heavy atom. The Balaban J connectivity index is 1.71. The zero-order valence-electron chi connectivity index (χ0n) is 22.7. The van der Waals surface area contributed by atoms with Gasteiger partial charge in [-0.05, 0) is 115 Å². The number of nitrogens with two attached hydrogens (primary N) is 1. The molecule has 182 valence electrons. The number of anilines is 1. The Labute approximate surface area is 212 Å². The van der Waals surface area contributed by atoms with Gasteiger partial charge in [0.05, 0.1) is 0 Å². The highest BCUT2D eigenvalue weighted by Crippen LogP contribution is 2.61. The molecule has 3 unspecified atom stereocenters. The predicted octanol–water partition coefficient (Wildman–Crippen LogP) is 9.01. The molecule has 0 fully saturated rings. The topological polar surface area (TPSA) is 26.0 Å². The zero-order valence-corrected chi connectivity index (χ0v) is 22.7. The average molecular weight is 464 g/mol. The lowest BCUT2D eigenvalue weighted by Crippen LogP contribution is -2.41. The van der Waals surface area contributed by atoms with Gasteiger partial charge < -0.3 is 5.73 Å². The number of nitrogen functional groups attached to an aromatic ring is 1. The summed E-state index contributed by atoms with van der Waals surface area (Å²) in [6.07, 6.45) is 3.36. The summed E-state index contributed by atoms with van der Waals surface area (Å²) in [4.78, 5) is 0. The van der Waals surface area contributed by atoms with Gasteiger partial charge in [-0.15, -0.1) is 0 Å². The molecule has 0 aliphatic heterocycles. The van der Waals surface area contributed by atoms with Gasteiger partial charge in [-0.25, -0.2) is 0 Å². The fourth-order valence-electron chi connectivity index (χ4n) is 8.00. The Kier molecular flexibility index (Phi) is 5.55.